The van der Waals surface area contributed by atoms with E-state index in [1.807, 2.05) is 0 Å². The topological polar surface area (TPSA) is 17.1 Å². The fraction of sp³-hybridized carbons (Fsp3) is 0.900. The summed E-state index contributed by atoms with van der Waals surface area (Å²) < 4.78 is 0. The van der Waals surface area contributed by atoms with Gasteiger partial charge in [0.2, 0.25) is 0 Å². The lowest BCUT2D eigenvalue weighted by molar-refractivity contribution is -0.112. The van der Waals surface area contributed by atoms with Gasteiger partial charge in [-0.2, -0.15) is 0 Å². The summed E-state index contributed by atoms with van der Waals surface area (Å²) in [7, 11) is -1.46. The second-order valence-corrected chi connectivity index (χ2v) is 9.54. The van der Waals surface area contributed by atoms with Crippen molar-refractivity contribution < 1.29 is 4.79 Å². The van der Waals surface area contributed by atoms with Crippen molar-refractivity contribution in [1.29, 1.82) is 0 Å². The molecule has 0 bridgehead atoms. The highest BCUT2D eigenvalue weighted by molar-refractivity contribution is 7.03. The van der Waals surface area contributed by atoms with Gasteiger partial charge in [-0.1, -0.05) is 45.8 Å². The minimum Gasteiger partial charge on any atom is -0.305 e. The molecule has 0 aliphatic carbocycles. The van der Waals surface area contributed by atoms with Crippen LogP contribution in [0.2, 0.25) is 19.6 Å². The molecule has 0 unspecified atom stereocenters. The van der Waals surface area contributed by atoms with Crippen LogP contribution in [0.3, 0.4) is 0 Å². The quantitative estimate of drug-likeness (QED) is 0.459. The standard InChI is InChI=1S/C10H22OSi/c1-5-6-7-8-9-10(11)12(2,3)4/h5-9H2,1-4H3. The van der Waals surface area contributed by atoms with E-state index >= 15 is 0 Å². The van der Waals surface area contributed by atoms with E-state index in [9.17, 15) is 4.79 Å². The van der Waals surface area contributed by atoms with Crippen LogP contribution in [-0.2, 0) is 4.79 Å². The Morgan fingerprint density at radius 1 is 1.08 bits per heavy atom. The normalized spacial score (nSPS) is 11.7. The fourth-order valence-corrected chi connectivity index (χ4v) is 2.01. The largest absolute Gasteiger partial charge is 0.305 e. The molecule has 0 N–H and O–H groups in total. The van der Waals surface area contributed by atoms with E-state index in [1.54, 1.807) is 0 Å². The molecule has 0 atom stereocenters. The summed E-state index contributed by atoms with van der Waals surface area (Å²) in [6, 6.07) is 0. The van der Waals surface area contributed by atoms with Crippen molar-refractivity contribution in [2.75, 3.05) is 0 Å². The minimum absolute atomic E-state index is 0.540. The molecule has 0 aliphatic rings. The van der Waals surface area contributed by atoms with E-state index in [-0.39, 0.29) is 0 Å². The lowest BCUT2D eigenvalue weighted by Gasteiger charge is -2.13. The molecule has 0 heterocycles. The first kappa shape index (κ1) is 11.9. The van der Waals surface area contributed by atoms with Gasteiger partial charge in [0.05, 0.1) is 0 Å². The monoisotopic (exact) mass is 186 g/mol. The molecule has 2 heteroatoms. The molecule has 12 heavy (non-hydrogen) atoms. The Kier molecular flexibility index (Phi) is 5.47. The fourth-order valence-electron chi connectivity index (χ4n) is 1.09. The first-order valence-electron chi connectivity index (χ1n) is 5.01. The zero-order valence-electron chi connectivity index (χ0n) is 8.94. The van der Waals surface area contributed by atoms with Crippen LogP contribution >= 0.6 is 0 Å². The van der Waals surface area contributed by atoms with Gasteiger partial charge in [-0.25, -0.2) is 0 Å². The van der Waals surface area contributed by atoms with Crippen molar-refractivity contribution in [2.24, 2.45) is 0 Å². The Labute approximate surface area is 77.6 Å². The van der Waals surface area contributed by atoms with Crippen LogP contribution in [0.4, 0.5) is 0 Å². The zero-order valence-corrected chi connectivity index (χ0v) is 9.94. The molecule has 0 radical (unpaired) electrons. The zero-order chi connectivity index (χ0) is 9.61. The van der Waals surface area contributed by atoms with Crippen LogP contribution in [0.1, 0.15) is 39.0 Å². The SMILES string of the molecule is CCCCCCC(=O)[Si](C)(C)C. The van der Waals surface area contributed by atoms with Gasteiger partial charge < -0.3 is 4.79 Å². The molecule has 0 spiro atoms. The number of carbonyl (C=O) groups is 1. The highest BCUT2D eigenvalue weighted by Gasteiger charge is 2.22. The molecule has 0 rings (SSSR count). The van der Waals surface area contributed by atoms with Crippen LogP contribution in [-0.4, -0.2) is 13.5 Å². The predicted octanol–water partition coefficient (Wildman–Crippen LogP) is 3.40. The summed E-state index contributed by atoms with van der Waals surface area (Å²) in [4.78, 5) is 11.5. The van der Waals surface area contributed by atoms with E-state index in [4.69, 9.17) is 0 Å². The molecule has 0 saturated heterocycles. The molecule has 0 aliphatic heterocycles. The van der Waals surface area contributed by atoms with Gasteiger partial charge in [0.25, 0.3) is 0 Å². The van der Waals surface area contributed by atoms with Crippen molar-refractivity contribution in [1.82, 2.24) is 0 Å². The predicted molar refractivity (Wildman–Crippen MR) is 57.1 cm³/mol. The third kappa shape index (κ3) is 5.53. The van der Waals surface area contributed by atoms with Crippen LogP contribution in [0.25, 0.3) is 0 Å². The number of unbranched alkanes of at least 4 members (excludes halogenated alkanes) is 3. The number of hydrogen-bond donors (Lipinski definition) is 0. The van der Waals surface area contributed by atoms with Crippen molar-refractivity contribution in [3.63, 3.8) is 0 Å². The highest BCUT2D eigenvalue weighted by Crippen LogP contribution is 2.10. The molecule has 0 amide bonds. The summed E-state index contributed by atoms with van der Waals surface area (Å²) in [5.41, 5.74) is 0. The summed E-state index contributed by atoms with van der Waals surface area (Å²) in [6.45, 7) is 8.60. The minimum atomic E-state index is -1.46. The smallest absolute Gasteiger partial charge is 0.123 e. The molecule has 1 nitrogen and oxygen atoms in total. The molecule has 0 aromatic heterocycles. The van der Waals surface area contributed by atoms with Crippen LogP contribution in [0.5, 0.6) is 0 Å². The Bertz CT molecular complexity index is 135. The van der Waals surface area contributed by atoms with Crippen LogP contribution in [0.15, 0.2) is 0 Å². The van der Waals surface area contributed by atoms with Crippen LogP contribution < -0.4 is 0 Å². The Morgan fingerprint density at radius 3 is 2.08 bits per heavy atom. The molecule has 72 valence electrons. The van der Waals surface area contributed by atoms with Crippen molar-refractivity contribution in [3.8, 4) is 0 Å². The second kappa shape index (κ2) is 5.52. The van der Waals surface area contributed by atoms with Crippen molar-refractivity contribution in [2.45, 2.75) is 58.7 Å². The van der Waals surface area contributed by atoms with Crippen molar-refractivity contribution >= 4 is 13.5 Å². The molecule has 0 aromatic rings. The maximum Gasteiger partial charge on any atom is 0.123 e. The third-order valence-electron chi connectivity index (χ3n) is 2.09. The van der Waals surface area contributed by atoms with Crippen molar-refractivity contribution in [3.05, 3.63) is 0 Å². The number of carbonyl (C=O) groups excluding carboxylic acids is 1. The Morgan fingerprint density at radius 2 is 1.67 bits per heavy atom. The summed E-state index contributed by atoms with van der Waals surface area (Å²) in [5, 5.41) is 0.540. The van der Waals surface area contributed by atoms with E-state index in [0.29, 0.717) is 5.41 Å². The van der Waals surface area contributed by atoms with Gasteiger partial charge in [-0.05, 0) is 6.42 Å². The first-order chi connectivity index (χ1) is 5.48. The van der Waals surface area contributed by atoms with Gasteiger partial charge in [-0.15, -0.1) is 0 Å². The van der Waals surface area contributed by atoms with Crippen LogP contribution in [0, 0.1) is 0 Å². The third-order valence-corrected chi connectivity index (χ3v) is 4.02. The van der Waals surface area contributed by atoms with E-state index < -0.39 is 8.07 Å². The van der Waals surface area contributed by atoms with Gasteiger partial charge in [0, 0.05) is 6.42 Å². The molecular weight excluding hydrogens is 164 g/mol. The van der Waals surface area contributed by atoms with E-state index in [0.717, 1.165) is 12.8 Å². The molecular formula is C10H22OSi. The Balaban J connectivity index is 3.45. The lowest BCUT2D eigenvalue weighted by Crippen LogP contribution is -2.32. The van der Waals surface area contributed by atoms with Gasteiger partial charge in [0.15, 0.2) is 0 Å². The average Bonchev–Trinajstić information content (AvgIpc) is 1.96. The second-order valence-electron chi connectivity index (χ2n) is 4.48. The summed E-state index contributed by atoms with van der Waals surface area (Å²) >= 11 is 0. The summed E-state index contributed by atoms with van der Waals surface area (Å²) in [6.07, 6.45) is 5.69. The van der Waals surface area contributed by atoms with Gasteiger partial charge >= 0.3 is 0 Å². The maximum absolute atomic E-state index is 11.5. The number of hydrogen-bond acceptors (Lipinski definition) is 1. The molecule has 0 aromatic carbocycles. The maximum atomic E-state index is 11.5. The Hall–Kier alpha value is -0.113. The number of rotatable bonds is 6. The first-order valence-corrected chi connectivity index (χ1v) is 8.51. The van der Waals surface area contributed by atoms with E-state index in [2.05, 4.69) is 26.6 Å². The highest BCUT2D eigenvalue weighted by atomic mass is 28.3. The van der Waals surface area contributed by atoms with E-state index in [1.165, 1.54) is 19.3 Å². The lowest BCUT2D eigenvalue weighted by atomic mass is 10.2. The molecule has 0 fully saturated rings. The summed E-state index contributed by atoms with van der Waals surface area (Å²) in [5.74, 6) is 0. The van der Waals surface area contributed by atoms with Gasteiger partial charge in [-0.3, -0.25) is 0 Å². The average molecular weight is 186 g/mol. The van der Waals surface area contributed by atoms with Gasteiger partial charge in [0.1, 0.15) is 13.5 Å². The molecule has 0 saturated carbocycles.